The molecule has 0 bridgehead atoms. The van der Waals surface area contributed by atoms with E-state index in [1.165, 1.54) is 0 Å². The minimum absolute atomic E-state index is 0.139. The van der Waals surface area contributed by atoms with Crippen LogP contribution in [0.2, 0.25) is 0 Å². The fourth-order valence-electron chi connectivity index (χ4n) is 3.63. The Hall–Kier alpha value is -2.95. The average Bonchev–Trinajstić information content (AvgIpc) is 2.68. The Kier molecular flexibility index (Phi) is 4.29. The van der Waals surface area contributed by atoms with Crippen molar-refractivity contribution in [2.45, 2.75) is 25.8 Å². The van der Waals surface area contributed by atoms with Crippen molar-refractivity contribution in [1.29, 1.82) is 0 Å². The van der Waals surface area contributed by atoms with Gasteiger partial charge in [0.15, 0.2) is 5.82 Å². The number of primary amides is 1. The molecule has 2 N–H and O–H groups in total. The highest BCUT2D eigenvalue weighted by Gasteiger charge is 2.30. The molecule has 3 aromatic rings. The minimum Gasteiger partial charge on any atom is -0.369 e. The first-order chi connectivity index (χ1) is 12.6. The molecule has 1 aliphatic heterocycles. The van der Waals surface area contributed by atoms with Crippen molar-refractivity contribution in [3.63, 3.8) is 0 Å². The molecule has 0 radical (unpaired) electrons. The summed E-state index contributed by atoms with van der Waals surface area (Å²) in [4.78, 5) is 23.6. The van der Waals surface area contributed by atoms with Gasteiger partial charge in [0, 0.05) is 23.5 Å². The standard InChI is InChI=1S/C21H22N4O/c1-14-11-12-16(19(22)26)13-25(14)21-17-9-5-6-10-18(17)23-20(24-21)15-7-3-2-4-8-15/h2-10,14,16H,11-13H2,1H3,(H2,22,26). The molecule has 2 aromatic carbocycles. The van der Waals surface area contributed by atoms with Gasteiger partial charge in [0.1, 0.15) is 5.82 Å². The second kappa shape index (κ2) is 6.75. The van der Waals surface area contributed by atoms with Crippen LogP contribution >= 0.6 is 0 Å². The smallest absolute Gasteiger partial charge is 0.222 e. The molecule has 0 spiro atoms. The predicted octanol–water partition coefficient (Wildman–Crippen LogP) is 3.39. The molecule has 1 fully saturated rings. The topological polar surface area (TPSA) is 72.1 Å². The zero-order valence-corrected chi connectivity index (χ0v) is 14.8. The fraction of sp³-hybridized carbons (Fsp3) is 0.286. The van der Waals surface area contributed by atoms with E-state index in [9.17, 15) is 4.79 Å². The fourth-order valence-corrected chi connectivity index (χ4v) is 3.63. The first-order valence-corrected chi connectivity index (χ1v) is 9.01. The summed E-state index contributed by atoms with van der Waals surface area (Å²) in [5.41, 5.74) is 7.48. The number of carbonyl (C=O) groups excluding carboxylic acids is 1. The average molecular weight is 346 g/mol. The number of para-hydroxylation sites is 1. The number of nitrogens with zero attached hydrogens (tertiary/aromatic N) is 3. The molecular formula is C21H22N4O. The summed E-state index contributed by atoms with van der Waals surface area (Å²) in [5, 5.41) is 1.00. The van der Waals surface area contributed by atoms with Gasteiger partial charge >= 0.3 is 0 Å². The quantitative estimate of drug-likeness (QED) is 0.789. The van der Waals surface area contributed by atoms with Gasteiger partial charge in [0.25, 0.3) is 0 Å². The number of amides is 1. The van der Waals surface area contributed by atoms with Crippen LogP contribution in [0.1, 0.15) is 19.8 Å². The number of anilines is 1. The molecule has 0 saturated carbocycles. The number of benzene rings is 2. The van der Waals surface area contributed by atoms with Crippen molar-refractivity contribution in [2.75, 3.05) is 11.4 Å². The molecule has 1 amide bonds. The lowest BCUT2D eigenvalue weighted by Gasteiger charge is -2.38. The molecular weight excluding hydrogens is 324 g/mol. The number of fused-ring (bicyclic) bond motifs is 1. The van der Waals surface area contributed by atoms with Crippen LogP contribution in [-0.2, 0) is 4.79 Å². The highest BCUT2D eigenvalue weighted by atomic mass is 16.1. The van der Waals surface area contributed by atoms with Gasteiger partial charge in [-0.2, -0.15) is 0 Å². The van der Waals surface area contributed by atoms with Crippen molar-refractivity contribution < 1.29 is 4.79 Å². The van der Waals surface area contributed by atoms with Gasteiger partial charge in [0.2, 0.25) is 5.91 Å². The molecule has 2 atom stereocenters. The van der Waals surface area contributed by atoms with E-state index in [1.54, 1.807) is 0 Å². The SMILES string of the molecule is CC1CCC(C(N)=O)CN1c1nc(-c2ccccc2)nc2ccccc12. The third-order valence-corrected chi connectivity index (χ3v) is 5.17. The van der Waals surface area contributed by atoms with Gasteiger partial charge in [-0.3, -0.25) is 4.79 Å². The Morgan fingerprint density at radius 3 is 2.54 bits per heavy atom. The van der Waals surface area contributed by atoms with Gasteiger partial charge in [0.05, 0.1) is 11.4 Å². The molecule has 26 heavy (non-hydrogen) atoms. The summed E-state index contributed by atoms with van der Waals surface area (Å²) in [7, 11) is 0. The summed E-state index contributed by atoms with van der Waals surface area (Å²) in [6, 6.07) is 18.3. The van der Waals surface area contributed by atoms with Crippen molar-refractivity contribution in [3.8, 4) is 11.4 Å². The zero-order chi connectivity index (χ0) is 18.1. The van der Waals surface area contributed by atoms with Crippen LogP contribution in [0.3, 0.4) is 0 Å². The van der Waals surface area contributed by atoms with E-state index < -0.39 is 0 Å². The second-order valence-electron chi connectivity index (χ2n) is 6.93. The monoisotopic (exact) mass is 346 g/mol. The van der Waals surface area contributed by atoms with Crippen LogP contribution in [0.4, 0.5) is 5.82 Å². The third kappa shape index (κ3) is 3.01. The van der Waals surface area contributed by atoms with Crippen molar-refractivity contribution in [2.24, 2.45) is 11.7 Å². The van der Waals surface area contributed by atoms with E-state index in [2.05, 4.69) is 11.8 Å². The number of nitrogens with two attached hydrogens (primary N) is 1. The largest absolute Gasteiger partial charge is 0.369 e. The van der Waals surface area contributed by atoms with Crippen LogP contribution in [0.25, 0.3) is 22.3 Å². The van der Waals surface area contributed by atoms with Crippen molar-refractivity contribution >= 4 is 22.6 Å². The normalized spacial score (nSPS) is 20.3. The van der Waals surface area contributed by atoms with Gasteiger partial charge in [-0.1, -0.05) is 42.5 Å². The first-order valence-electron chi connectivity index (χ1n) is 9.01. The zero-order valence-electron chi connectivity index (χ0n) is 14.8. The summed E-state index contributed by atoms with van der Waals surface area (Å²) in [5.74, 6) is 1.21. The molecule has 0 aliphatic carbocycles. The van der Waals surface area contributed by atoms with E-state index in [1.807, 2.05) is 54.6 Å². The molecule has 1 aromatic heterocycles. The Balaban J connectivity index is 1.86. The van der Waals surface area contributed by atoms with Gasteiger partial charge in [-0.05, 0) is 31.9 Å². The molecule has 5 nitrogen and oxygen atoms in total. The van der Waals surface area contributed by atoms with Crippen LogP contribution in [0, 0.1) is 5.92 Å². The lowest BCUT2D eigenvalue weighted by molar-refractivity contribution is -0.122. The number of piperidine rings is 1. The molecule has 132 valence electrons. The van der Waals surface area contributed by atoms with Crippen LogP contribution < -0.4 is 10.6 Å². The van der Waals surface area contributed by atoms with Crippen LogP contribution in [0.5, 0.6) is 0 Å². The summed E-state index contributed by atoms with van der Waals surface area (Å²) in [6.07, 6.45) is 1.76. The number of hydrogen-bond acceptors (Lipinski definition) is 4. The van der Waals surface area contributed by atoms with E-state index >= 15 is 0 Å². The van der Waals surface area contributed by atoms with Crippen molar-refractivity contribution in [3.05, 3.63) is 54.6 Å². The Labute approximate surface area is 152 Å². The maximum Gasteiger partial charge on any atom is 0.222 e. The van der Waals surface area contributed by atoms with Gasteiger partial charge < -0.3 is 10.6 Å². The molecule has 1 aliphatic rings. The van der Waals surface area contributed by atoms with Gasteiger partial charge in [-0.25, -0.2) is 9.97 Å². The Bertz CT molecular complexity index is 941. The number of aromatic nitrogens is 2. The van der Waals surface area contributed by atoms with E-state index in [-0.39, 0.29) is 11.8 Å². The minimum atomic E-state index is -0.233. The third-order valence-electron chi connectivity index (χ3n) is 5.17. The summed E-state index contributed by atoms with van der Waals surface area (Å²) < 4.78 is 0. The summed E-state index contributed by atoms with van der Waals surface area (Å²) >= 11 is 0. The predicted molar refractivity (Wildman–Crippen MR) is 104 cm³/mol. The number of carbonyl (C=O) groups is 1. The van der Waals surface area contributed by atoms with Gasteiger partial charge in [-0.15, -0.1) is 0 Å². The molecule has 2 unspecified atom stereocenters. The van der Waals surface area contributed by atoms with Crippen LogP contribution in [0.15, 0.2) is 54.6 Å². The summed E-state index contributed by atoms with van der Waals surface area (Å²) in [6.45, 7) is 2.78. The Morgan fingerprint density at radius 1 is 1.04 bits per heavy atom. The highest BCUT2D eigenvalue weighted by molar-refractivity contribution is 5.91. The second-order valence-corrected chi connectivity index (χ2v) is 6.93. The van der Waals surface area contributed by atoms with Crippen molar-refractivity contribution in [1.82, 2.24) is 9.97 Å². The Morgan fingerprint density at radius 2 is 1.77 bits per heavy atom. The lowest BCUT2D eigenvalue weighted by Crippen LogP contribution is -2.46. The lowest BCUT2D eigenvalue weighted by atomic mass is 9.92. The number of rotatable bonds is 3. The molecule has 1 saturated heterocycles. The maximum atomic E-state index is 11.8. The number of hydrogen-bond donors (Lipinski definition) is 1. The molecule has 4 rings (SSSR count). The first kappa shape index (κ1) is 16.5. The molecule has 5 heteroatoms. The van der Waals surface area contributed by atoms with E-state index in [4.69, 9.17) is 15.7 Å². The maximum absolute atomic E-state index is 11.8. The van der Waals surface area contributed by atoms with Crippen LogP contribution in [-0.4, -0.2) is 28.5 Å². The van der Waals surface area contributed by atoms with E-state index in [0.29, 0.717) is 18.4 Å². The highest BCUT2D eigenvalue weighted by Crippen LogP contribution is 2.33. The molecule has 2 heterocycles. The van der Waals surface area contributed by atoms with E-state index in [0.717, 1.165) is 35.1 Å².